The number of amides is 1. The van der Waals surface area contributed by atoms with Gasteiger partial charge in [0.25, 0.3) is 0 Å². The van der Waals surface area contributed by atoms with E-state index in [2.05, 4.69) is 19.8 Å². The highest BCUT2D eigenvalue weighted by Crippen LogP contribution is 2.42. The molecule has 0 saturated carbocycles. The molecule has 0 aliphatic carbocycles. The number of alkyl halides is 1. The summed E-state index contributed by atoms with van der Waals surface area (Å²) in [6.07, 6.45) is 8.33. The van der Waals surface area contributed by atoms with Crippen LogP contribution in [0.5, 0.6) is 6.01 Å². The molecule has 10 rings (SSSR count). The van der Waals surface area contributed by atoms with E-state index >= 15 is 8.78 Å². The fourth-order valence-corrected chi connectivity index (χ4v) is 10.1. The molecule has 11 nitrogen and oxygen atoms in total. The number of benzene rings is 2. The van der Waals surface area contributed by atoms with Crippen molar-refractivity contribution in [1.82, 2.24) is 29.7 Å². The Kier molecular flexibility index (Phi) is 8.91. The number of ether oxygens (including phenoxy) is 3. The van der Waals surface area contributed by atoms with Crippen LogP contribution in [0, 0.1) is 17.5 Å². The Hall–Kier alpha value is -4.44. The molecular formula is C41H43F4N7O4. The van der Waals surface area contributed by atoms with Crippen LogP contribution in [0.15, 0.2) is 48.7 Å². The van der Waals surface area contributed by atoms with Gasteiger partial charge in [0.1, 0.15) is 35.3 Å². The number of rotatable bonds is 8. The van der Waals surface area contributed by atoms with Crippen molar-refractivity contribution in [1.29, 1.82) is 0 Å². The average Bonchev–Trinajstić information content (AvgIpc) is 3.79. The molecule has 1 spiro atoms. The molecule has 4 atom stereocenters. The molecule has 1 amide bonds. The van der Waals surface area contributed by atoms with Crippen LogP contribution in [-0.2, 0) is 14.3 Å². The number of carbonyl (C=O) groups excluding carboxylic acids is 1. The fraction of sp³-hybridized carbons (Fsp3) is 0.512. The number of anilines is 1. The van der Waals surface area contributed by atoms with Gasteiger partial charge < -0.3 is 24.0 Å². The second-order valence-electron chi connectivity index (χ2n) is 16.3. The molecule has 0 N–H and O–H groups in total. The summed E-state index contributed by atoms with van der Waals surface area (Å²) < 4.78 is 79.1. The van der Waals surface area contributed by atoms with Crippen molar-refractivity contribution in [2.75, 3.05) is 77.2 Å². The SMILES string of the molecule is O=C(C=CCN1C2CCC1COC2)N1CCN(c2nc(OC[C@@]34CCCN3C[C@H](F)C4)nc3c(F)c(-c4cccc5ccc(F)c(F)c45)ncc23)CC12COC2. The minimum Gasteiger partial charge on any atom is -0.461 e. The summed E-state index contributed by atoms with van der Waals surface area (Å²) in [6.45, 7) is 5.13. The van der Waals surface area contributed by atoms with Crippen LogP contribution in [0.2, 0.25) is 0 Å². The molecule has 2 bridgehead atoms. The predicted octanol–water partition coefficient (Wildman–Crippen LogP) is 5.05. The Morgan fingerprint density at radius 2 is 1.84 bits per heavy atom. The smallest absolute Gasteiger partial charge is 0.319 e. The van der Waals surface area contributed by atoms with Crippen LogP contribution in [-0.4, -0.2) is 137 Å². The largest absolute Gasteiger partial charge is 0.461 e. The molecule has 6 aliphatic heterocycles. The third kappa shape index (κ3) is 5.92. The normalized spacial score (nSPS) is 27.5. The van der Waals surface area contributed by atoms with Crippen LogP contribution < -0.4 is 9.64 Å². The van der Waals surface area contributed by atoms with Gasteiger partial charge in [-0.25, -0.2) is 17.6 Å². The van der Waals surface area contributed by atoms with Gasteiger partial charge >= 0.3 is 6.01 Å². The van der Waals surface area contributed by atoms with Crippen molar-refractivity contribution in [2.24, 2.45) is 0 Å². The van der Waals surface area contributed by atoms with Crippen LogP contribution in [0.3, 0.4) is 0 Å². The third-order valence-corrected chi connectivity index (χ3v) is 13.0. The molecule has 4 aromatic rings. The Morgan fingerprint density at radius 3 is 2.64 bits per heavy atom. The van der Waals surface area contributed by atoms with Gasteiger partial charge in [0.05, 0.1) is 37.4 Å². The lowest BCUT2D eigenvalue weighted by Crippen LogP contribution is -2.72. The summed E-state index contributed by atoms with van der Waals surface area (Å²) in [6, 6.07) is 7.93. The number of halogens is 4. The third-order valence-electron chi connectivity index (χ3n) is 13.0. The fourth-order valence-electron chi connectivity index (χ4n) is 10.1. The van der Waals surface area contributed by atoms with E-state index in [-0.39, 0.29) is 40.7 Å². The molecule has 0 radical (unpaired) electrons. The summed E-state index contributed by atoms with van der Waals surface area (Å²) >= 11 is 0. The van der Waals surface area contributed by atoms with Crippen LogP contribution in [0.1, 0.15) is 32.1 Å². The van der Waals surface area contributed by atoms with Gasteiger partial charge in [-0.1, -0.05) is 30.3 Å². The van der Waals surface area contributed by atoms with E-state index in [0.717, 1.165) is 51.5 Å². The van der Waals surface area contributed by atoms with Gasteiger partial charge in [0.2, 0.25) is 5.91 Å². The first-order chi connectivity index (χ1) is 27.2. The first kappa shape index (κ1) is 35.9. The number of hydrogen-bond donors (Lipinski definition) is 0. The first-order valence-electron chi connectivity index (χ1n) is 19.6. The van der Waals surface area contributed by atoms with Crippen molar-refractivity contribution in [3.63, 3.8) is 0 Å². The zero-order valence-electron chi connectivity index (χ0n) is 30.9. The van der Waals surface area contributed by atoms with Crippen molar-refractivity contribution in [3.8, 4) is 17.3 Å². The molecule has 6 aliphatic rings. The van der Waals surface area contributed by atoms with Gasteiger partial charge in [-0.05, 0) is 43.7 Å². The standard InChI is InChI=1S/C41H43F4N7O4/c42-26-16-40(11-3-12-50(40)18-26)24-56-39-47-37-30(17-46-36(35(37)45)29-5-1-4-25-7-10-31(43)34(44)33(25)29)38(48-39)49-14-15-52(41(21-49)22-55-23-41)32(53)6-2-13-51-27-8-9-28(51)20-54-19-27/h1-2,4-7,10,17,26-28H,3,8-9,11-16,18-24H2/t26-,27?,28?,40+/m1/s1. The maximum atomic E-state index is 17.0. The Balaban J connectivity index is 0.985. The second kappa shape index (κ2) is 13.9. The number of morpholine rings is 1. The molecule has 15 heteroatoms. The molecule has 8 heterocycles. The predicted molar refractivity (Wildman–Crippen MR) is 200 cm³/mol. The maximum Gasteiger partial charge on any atom is 0.319 e. The topological polar surface area (TPSA) is 96.4 Å². The van der Waals surface area contributed by atoms with E-state index in [4.69, 9.17) is 19.2 Å². The monoisotopic (exact) mass is 773 g/mol. The number of pyridine rings is 1. The molecule has 2 unspecified atom stereocenters. The minimum absolute atomic E-state index is 0.0778. The van der Waals surface area contributed by atoms with E-state index in [1.807, 2.05) is 15.9 Å². The maximum absolute atomic E-state index is 17.0. The van der Waals surface area contributed by atoms with Crippen LogP contribution >= 0.6 is 0 Å². The molecule has 56 heavy (non-hydrogen) atoms. The molecule has 6 fully saturated rings. The van der Waals surface area contributed by atoms with Crippen molar-refractivity contribution < 1.29 is 36.6 Å². The van der Waals surface area contributed by atoms with E-state index in [1.54, 1.807) is 18.2 Å². The van der Waals surface area contributed by atoms with Crippen LogP contribution in [0.25, 0.3) is 32.9 Å². The van der Waals surface area contributed by atoms with Gasteiger partial charge in [0.15, 0.2) is 17.5 Å². The average molecular weight is 774 g/mol. The number of fused-ring (bicyclic) bond motifs is 5. The molecule has 294 valence electrons. The molecule has 2 aromatic carbocycles. The molecule has 6 saturated heterocycles. The van der Waals surface area contributed by atoms with Crippen LogP contribution in [0.4, 0.5) is 23.4 Å². The molecule has 2 aromatic heterocycles. The van der Waals surface area contributed by atoms with E-state index in [1.165, 1.54) is 18.3 Å². The van der Waals surface area contributed by atoms with Crippen molar-refractivity contribution in [2.45, 2.75) is 61.4 Å². The lowest BCUT2D eigenvalue weighted by atomic mass is 9.91. The summed E-state index contributed by atoms with van der Waals surface area (Å²) in [5, 5.41) is 0.596. The highest BCUT2D eigenvalue weighted by atomic mass is 19.2. The van der Waals surface area contributed by atoms with E-state index < -0.39 is 34.7 Å². The number of piperazine rings is 1. The van der Waals surface area contributed by atoms with Crippen molar-refractivity contribution >= 4 is 33.4 Å². The Labute approximate surface area is 321 Å². The van der Waals surface area contributed by atoms with E-state index in [9.17, 15) is 13.6 Å². The number of hydrogen-bond acceptors (Lipinski definition) is 10. The highest BCUT2D eigenvalue weighted by molar-refractivity contribution is 5.99. The lowest BCUT2D eigenvalue weighted by molar-refractivity contribution is -0.164. The summed E-state index contributed by atoms with van der Waals surface area (Å²) in [5.74, 6) is -2.72. The summed E-state index contributed by atoms with van der Waals surface area (Å²) in [5.41, 5.74) is -1.37. The van der Waals surface area contributed by atoms with Gasteiger partial charge in [-0.15, -0.1) is 0 Å². The zero-order chi connectivity index (χ0) is 38.2. The number of carbonyl (C=O) groups is 1. The zero-order valence-corrected chi connectivity index (χ0v) is 30.9. The van der Waals surface area contributed by atoms with Gasteiger partial charge in [0, 0.05) is 74.5 Å². The summed E-state index contributed by atoms with van der Waals surface area (Å²) in [4.78, 5) is 36.0. The quantitative estimate of drug-likeness (QED) is 0.179. The minimum atomic E-state index is -1.10. The van der Waals surface area contributed by atoms with Gasteiger partial charge in [-0.3, -0.25) is 19.6 Å². The molecular weight excluding hydrogens is 730 g/mol. The van der Waals surface area contributed by atoms with Crippen molar-refractivity contribution in [3.05, 3.63) is 66.1 Å². The number of nitrogens with zero attached hydrogens (tertiary/aromatic N) is 7. The highest BCUT2D eigenvalue weighted by Gasteiger charge is 2.51. The first-order valence-corrected chi connectivity index (χ1v) is 19.6. The van der Waals surface area contributed by atoms with Gasteiger partial charge in [-0.2, -0.15) is 9.97 Å². The number of aromatic nitrogens is 3. The lowest BCUT2D eigenvalue weighted by Gasteiger charge is -2.55. The Morgan fingerprint density at radius 1 is 1.00 bits per heavy atom. The second-order valence-corrected chi connectivity index (χ2v) is 16.3. The summed E-state index contributed by atoms with van der Waals surface area (Å²) in [7, 11) is 0. The van der Waals surface area contributed by atoms with E-state index in [0.29, 0.717) is 81.0 Å². The Bertz CT molecular complexity index is 2230.